The lowest BCUT2D eigenvalue weighted by Crippen LogP contribution is -2.48. The summed E-state index contributed by atoms with van der Waals surface area (Å²) in [6, 6.07) is 19.3. The summed E-state index contributed by atoms with van der Waals surface area (Å²) in [4.78, 5) is 5.32. The van der Waals surface area contributed by atoms with Crippen LogP contribution in [0.2, 0.25) is 0 Å². The fraction of sp³-hybridized carbons (Fsp3) is 0.323. The van der Waals surface area contributed by atoms with Crippen molar-refractivity contribution in [2.24, 2.45) is 10.9 Å². The summed E-state index contributed by atoms with van der Waals surface area (Å²) in [5.74, 6) is 0.221. The summed E-state index contributed by atoms with van der Waals surface area (Å²) < 4.78 is 0. The molecule has 0 saturated carbocycles. The summed E-state index contributed by atoms with van der Waals surface area (Å²) in [7, 11) is 0. The van der Waals surface area contributed by atoms with E-state index >= 15 is 0 Å². The van der Waals surface area contributed by atoms with Crippen molar-refractivity contribution in [1.29, 1.82) is 0 Å². The predicted octanol–water partition coefficient (Wildman–Crippen LogP) is 8.20. The molecule has 174 valence electrons. The summed E-state index contributed by atoms with van der Waals surface area (Å²) in [6.45, 7) is 19.5. The van der Waals surface area contributed by atoms with Gasteiger partial charge in [0.2, 0.25) is 0 Å². The van der Waals surface area contributed by atoms with Crippen molar-refractivity contribution in [3.8, 4) is 0 Å². The molecule has 0 saturated heterocycles. The molecule has 5 rings (SSSR count). The number of hydrogen-bond acceptors (Lipinski definition) is 2. The van der Waals surface area contributed by atoms with Crippen LogP contribution in [0.4, 0.5) is 0 Å². The quantitative estimate of drug-likeness (QED) is 0.476. The lowest BCUT2D eigenvalue weighted by Gasteiger charge is -2.45. The van der Waals surface area contributed by atoms with E-state index < -0.39 is 0 Å². The molecule has 2 nitrogen and oxygen atoms in total. The molecule has 3 aliphatic rings. The Hall–Kier alpha value is -3.13. The first-order valence-corrected chi connectivity index (χ1v) is 12.3. The van der Waals surface area contributed by atoms with Crippen molar-refractivity contribution in [2.75, 3.05) is 6.54 Å². The van der Waals surface area contributed by atoms with Crippen molar-refractivity contribution in [1.82, 2.24) is 5.32 Å². The second-order valence-corrected chi connectivity index (χ2v) is 7.98. The average molecular weight is 441 g/mol. The summed E-state index contributed by atoms with van der Waals surface area (Å²) in [6.07, 6.45) is 8.14. The van der Waals surface area contributed by atoms with Crippen LogP contribution < -0.4 is 5.32 Å². The number of aliphatic imine (C=N–C) groups is 1. The van der Waals surface area contributed by atoms with E-state index in [9.17, 15) is 0 Å². The Bertz CT molecular complexity index is 1050. The first-order chi connectivity index (χ1) is 16.1. The molecule has 0 amide bonds. The minimum atomic E-state index is -0.0526. The second-order valence-electron chi connectivity index (χ2n) is 7.98. The largest absolute Gasteiger partial charge is 0.382 e. The van der Waals surface area contributed by atoms with Crippen molar-refractivity contribution in [2.45, 2.75) is 53.9 Å². The average Bonchev–Trinajstić information content (AvgIpc) is 2.87. The van der Waals surface area contributed by atoms with Gasteiger partial charge in [-0.2, -0.15) is 0 Å². The minimum absolute atomic E-state index is 0.0526. The van der Waals surface area contributed by atoms with Gasteiger partial charge in [0.25, 0.3) is 0 Å². The number of benzene rings is 2. The van der Waals surface area contributed by atoms with E-state index in [0.29, 0.717) is 0 Å². The van der Waals surface area contributed by atoms with E-state index in [1.807, 2.05) is 46.8 Å². The highest BCUT2D eigenvalue weighted by atomic mass is 15.0. The van der Waals surface area contributed by atoms with E-state index in [0.717, 1.165) is 34.8 Å². The molecule has 2 atom stereocenters. The van der Waals surface area contributed by atoms with Gasteiger partial charge in [-0.1, -0.05) is 127 Å². The highest BCUT2D eigenvalue weighted by molar-refractivity contribution is 6.10. The van der Waals surface area contributed by atoms with Gasteiger partial charge in [0.05, 0.1) is 17.1 Å². The molecule has 2 bridgehead atoms. The van der Waals surface area contributed by atoms with Crippen LogP contribution >= 0.6 is 0 Å². The maximum Gasteiger partial charge on any atom is 0.0943 e. The SMILES string of the molecule is C=C/C=C(\C=C/C)C1=N\C(c2ccccc2)=C2/NCC(C)(c3ccccc32)C\1C.CC.CC. The van der Waals surface area contributed by atoms with Crippen LogP contribution in [-0.2, 0) is 5.41 Å². The summed E-state index contributed by atoms with van der Waals surface area (Å²) in [5, 5.41) is 3.74. The number of allylic oxidation sites excluding steroid dienone is 5. The fourth-order valence-corrected chi connectivity index (χ4v) is 4.49. The number of rotatable bonds is 4. The molecule has 2 aromatic carbocycles. The molecule has 0 aliphatic carbocycles. The molecule has 0 radical (unpaired) electrons. The number of fused-ring (bicyclic) bond motifs is 3. The number of hydrogen-bond donors (Lipinski definition) is 1. The van der Waals surface area contributed by atoms with Gasteiger partial charge in [-0.05, 0) is 18.1 Å². The smallest absolute Gasteiger partial charge is 0.0943 e. The lowest BCUT2D eigenvalue weighted by molar-refractivity contribution is 0.372. The van der Waals surface area contributed by atoms with E-state index in [2.05, 4.69) is 92.5 Å². The Kier molecular flexibility index (Phi) is 9.66. The Balaban J connectivity index is 0.000000914. The third-order valence-electron chi connectivity index (χ3n) is 6.27. The van der Waals surface area contributed by atoms with Gasteiger partial charge < -0.3 is 5.32 Å². The molecule has 3 heterocycles. The van der Waals surface area contributed by atoms with Crippen LogP contribution in [0.3, 0.4) is 0 Å². The zero-order chi connectivity index (χ0) is 24.4. The molecule has 0 spiro atoms. The Labute approximate surface area is 201 Å². The van der Waals surface area contributed by atoms with E-state index in [1.165, 1.54) is 11.1 Å². The maximum atomic E-state index is 5.32. The van der Waals surface area contributed by atoms with Gasteiger partial charge in [0.15, 0.2) is 0 Å². The van der Waals surface area contributed by atoms with Crippen molar-refractivity contribution >= 4 is 17.1 Å². The molecular formula is C31H40N2. The van der Waals surface area contributed by atoms with Gasteiger partial charge in [-0.15, -0.1) is 0 Å². The standard InChI is InChI=1S/C27H28N2.2C2H6/c1-5-12-20(13-6-2)24-19(3)27(4)18-28-26(22-16-10-11-17-23(22)27)25(29-24)21-14-8-7-9-15-21;2*1-2/h5-17,19,28H,1,18H2,2-4H3;2*1-2H3/b13-6-,20-12+,26-25-,29-24-;;. The van der Waals surface area contributed by atoms with Crippen LogP contribution in [0.5, 0.6) is 0 Å². The van der Waals surface area contributed by atoms with Gasteiger partial charge in [0.1, 0.15) is 0 Å². The van der Waals surface area contributed by atoms with Crippen LogP contribution in [0.15, 0.2) is 96.0 Å². The fourth-order valence-electron chi connectivity index (χ4n) is 4.49. The molecule has 33 heavy (non-hydrogen) atoms. The van der Waals surface area contributed by atoms with E-state index in [-0.39, 0.29) is 11.3 Å². The van der Waals surface area contributed by atoms with Gasteiger partial charge in [0, 0.05) is 29.0 Å². The zero-order valence-electron chi connectivity index (χ0n) is 21.4. The monoisotopic (exact) mass is 440 g/mol. The lowest BCUT2D eigenvalue weighted by atomic mass is 9.65. The molecule has 2 unspecified atom stereocenters. The summed E-state index contributed by atoms with van der Waals surface area (Å²) >= 11 is 0. The third-order valence-corrected chi connectivity index (χ3v) is 6.27. The van der Waals surface area contributed by atoms with Gasteiger partial charge >= 0.3 is 0 Å². The molecular weight excluding hydrogens is 400 g/mol. The van der Waals surface area contributed by atoms with Crippen LogP contribution in [-0.4, -0.2) is 12.3 Å². The maximum absolute atomic E-state index is 5.32. The van der Waals surface area contributed by atoms with Crippen LogP contribution in [0.25, 0.3) is 11.4 Å². The Morgan fingerprint density at radius 1 is 1.03 bits per heavy atom. The predicted molar refractivity (Wildman–Crippen MR) is 147 cm³/mol. The first kappa shape index (κ1) is 26.1. The molecule has 0 fully saturated rings. The number of nitrogens with one attached hydrogen (secondary N) is 1. The highest BCUT2D eigenvalue weighted by Crippen LogP contribution is 2.45. The van der Waals surface area contributed by atoms with Crippen molar-refractivity contribution in [3.63, 3.8) is 0 Å². The van der Waals surface area contributed by atoms with Crippen molar-refractivity contribution < 1.29 is 0 Å². The Morgan fingerprint density at radius 3 is 2.30 bits per heavy atom. The molecule has 2 heteroatoms. The topological polar surface area (TPSA) is 24.4 Å². The number of nitrogens with zero attached hydrogens (tertiary/aromatic N) is 1. The van der Waals surface area contributed by atoms with Gasteiger partial charge in [-0.3, -0.25) is 0 Å². The van der Waals surface area contributed by atoms with Gasteiger partial charge in [-0.25, -0.2) is 4.99 Å². The second kappa shape index (κ2) is 12.2. The molecule has 3 aliphatic heterocycles. The molecule has 1 N–H and O–H groups in total. The normalized spacial score (nSPS) is 25.1. The zero-order valence-corrected chi connectivity index (χ0v) is 21.4. The van der Waals surface area contributed by atoms with E-state index in [1.54, 1.807) is 0 Å². The summed E-state index contributed by atoms with van der Waals surface area (Å²) in [5.41, 5.74) is 8.07. The van der Waals surface area contributed by atoms with E-state index in [4.69, 9.17) is 4.99 Å². The molecule has 0 aromatic heterocycles. The first-order valence-electron chi connectivity index (χ1n) is 12.3. The Morgan fingerprint density at radius 2 is 1.67 bits per heavy atom. The van der Waals surface area contributed by atoms with Crippen LogP contribution in [0.1, 0.15) is 65.2 Å². The third kappa shape index (κ3) is 5.11. The van der Waals surface area contributed by atoms with Crippen LogP contribution in [0, 0.1) is 5.92 Å². The highest BCUT2D eigenvalue weighted by Gasteiger charge is 2.43. The molecule has 2 aromatic rings. The minimum Gasteiger partial charge on any atom is -0.382 e. The van der Waals surface area contributed by atoms with Crippen molar-refractivity contribution in [3.05, 3.63) is 108 Å².